The van der Waals surface area contributed by atoms with Crippen molar-refractivity contribution in [2.75, 3.05) is 13.7 Å². The molecule has 0 heterocycles. The molecule has 174 valence electrons. The monoisotopic (exact) mass is 442 g/mol. The lowest BCUT2D eigenvalue weighted by Gasteiger charge is -2.52. The van der Waals surface area contributed by atoms with Crippen molar-refractivity contribution in [2.45, 2.75) is 60.0 Å². The van der Waals surface area contributed by atoms with Gasteiger partial charge in [-0.3, -0.25) is 14.4 Å². The summed E-state index contributed by atoms with van der Waals surface area (Å²) in [6.45, 7) is 17.3. The third-order valence-electron chi connectivity index (χ3n) is 7.94. The van der Waals surface area contributed by atoms with Crippen LogP contribution in [-0.4, -0.2) is 42.5 Å². The maximum absolute atomic E-state index is 13.7. The number of carbonyl (C=O) groups excluding carboxylic acids is 3. The van der Waals surface area contributed by atoms with Crippen molar-refractivity contribution >= 4 is 17.5 Å². The summed E-state index contributed by atoms with van der Waals surface area (Å²) < 4.78 is 11.2. The van der Waals surface area contributed by atoms with Crippen LogP contribution in [0.25, 0.3) is 0 Å². The Hall–Kier alpha value is -2.47. The number of esters is 1. The Kier molecular flexibility index (Phi) is 6.15. The van der Waals surface area contributed by atoms with Crippen molar-refractivity contribution in [3.63, 3.8) is 0 Å². The standard InChI is InChI=1S/C26H34O6/c1-13(2)15(4)21-24(30)23(29)20-17-9-10-19(28)25(17,6)11-18(32-16(5)27)22(20)26(21,7)14(3)12-31-8/h14,17-18,30H,1,4,9-12H2,2-3,5-8H3/t14?,17?,18?,25-,26-/m0/s1. The van der Waals surface area contributed by atoms with Gasteiger partial charge in [-0.25, -0.2) is 0 Å². The van der Waals surface area contributed by atoms with Gasteiger partial charge in [-0.2, -0.15) is 0 Å². The molecule has 0 aliphatic heterocycles. The van der Waals surface area contributed by atoms with Crippen LogP contribution in [0.15, 0.2) is 46.8 Å². The van der Waals surface area contributed by atoms with Gasteiger partial charge in [0.1, 0.15) is 11.9 Å². The summed E-state index contributed by atoms with van der Waals surface area (Å²) in [6.07, 6.45) is 0.439. The molecule has 32 heavy (non-hydrogen) atoms. The van der Waals surface area contributed by atoms with E-state index in [4.69, 9.17) is 9.47 Å². The summed E-state index contributed by atoms with van der Waals surface area (Å²) >= 11 is 0. The Morgan fingerprint density at radius 3 is 2.41 bits per heavy atom. The van der Waals surface area contributed by atoms with Crippen LogP contribution in [0.2, 0.25) is 0 Å². The van der Waals surface area contributed by atoms with Gasteiger partial charge in [0, 0.05) is 61.4 Å². The molecule has 6 heteroatoms. The summed E-state index contributed by atoms with van der Waals surface area (Å²) in [6, 6.07) is 0. The van der Waals surface area contributed by atoms with E-state index < -0.39 is 28.7 Å². The molecular weight excluding hydrogens is 408 g/mol. The first-order valence-corrected chi connectivity index (χ1v) is 11.1. The van der Waals surface area contributed by atoms with Gasteiger partial charge >= 0.3 is 5.97 Å². The van der Waals surface area contributed by atoms with Crippen molar-refractivity contribution in [3.05, 3.63) is 46.8 Å². The average molecular weight is 443 g/mol. The number of Topliss-reactive ketones (excluding diaryl/α,β-unsaturated/α-hetero) is 2. The van der Waals surface area contributed by atoms with Gasteiger partial charge in [-0.15, -0.1) is 0 Å². The zero-order valence-corrected chi connectivity index (χ0v) is 20.0. The van der Waals surface area contributed by atoms with E-state index in [1.165, 1.54) is 6.92 Å². The number of allylic oxidation sites excluding steroid dienone is 4. The van der Waals surface area contributed by atoms with Gasteiger partial charge in [-0.05, 0) is 30.4 Å². The molecule has 3 rings (SSSR count). The second-order valence-corrected chi connectivity index (χ2v) is 9.93. The molecule has 0 aromatic carbocycles. The Morgan fingerprint density at radius 1 is 1.25 bits per heavy atom. The number of methoxy groups -OCH3 is 1. The fraction of sp³-hybridized carbons (Fsp3) is 0.577. The number of hydrogen-bond acceptors (Lipinski definition) is 6. The van der Waals surface area contributed by atoms with Crippen LogP contribution in [0.1, 0.15) is 53.9 Å². The largest absolute Gasteiger partial charge is 0.504 e. The second kappa shape index (κ2) is 8.14. The number of aliphatic hydroxyl groups is 1. The van der Waals surface area contributed by atoms with Crippen LogP contribution in [0, 0.1) is 22.7 Å². The van der Waals surface area contributed by atoms with Crippen LogP contribution in [0.4, 0.5) is 0 Å². The number of ether oxygens (including phenoxy) is 2. The summed E-state index contributed by atoms with van der Waals surface area (Å²) in [5.41, 5.74) is 0.843. The lowest BCUT2D eigenvalue weighted by atomic mass is 9.52. The lowest BCUT2D eigenvalue weighted by Crippen LogP contribution is -2.51. The first-order chi connectivity index (χ1) is 14.8. The molecule has 0 bridgehead atoms. The molecule has 3 aliphatic carbocycles. The van der Waals surface area contributed by atoms with E-state index in [0.29, 0.717) is 53.7 Å². The first-order valence-electron chi connectivity index (χ1n) is 11.1. The molecule has 5 atom stereocenters. The minimum Gasteiger partial charge on any atom is -0.504 e. The van der Waals surface area contributed by atoms with Gasteiger partial charge in [0.15, 0.2) is 5.76 Å². The highest BCUT2D eigenvalue weighted by Crippen LogP contribution is 2.62. The molecule has 0 amide bonds. The van der Waals surface area contributed by atoms with E-state index in [9.17, 15) is 19.5 Å². The van der Waals surface area contributed by atoms with E-state index in [0.717, 1.165) is 0 Å². The van der Waals surface area contributed by atoms with Gasteiger partial charge < -0.3 is 14.6 Å². The van der Waals surface area contributed by atoms with Crippen LogP contribution in [-0.2, 0) is 23.9 Å². The predicted octanol–water partition coefficient (Wildman–Crippen LogP) is 4.42. The fourth-order valence-corrected chi connectivity index (χ4v) is 6.06. The predicted molar refractivity (Wildman–Crippen MR) is 121 cm³/mol. The quantitative estimate of drug-likeness (QED) is 0.484. The smallest absolute Gasteiger partial charge is 0.303 e. The zero-order valence-electron chi connectivity index (χ0n) is 20.0. The van der Waals surface area contributed by atoms with Crippen LogP contribution < -0.4 is 0 Å². The third-order valence-corrected chi connectivity index (χ3v) is 7.94. The summed E-state index contributed by atoms with van der Waals surface area (Å²) in [5, 5.41) is 11.2. The third kappa shape index (κ3) is 3.31. The van der Waals surface area contributed by atoms with Crippen LogP contribution >= 0.6 is 0 Å². The molecule has 1 N–H and O–H groups in total. The minimum atomic E-state index is -0.910. The van der Waals surface area contributed by atoms with E-state index in [1.54, 1.807) is 14.0 Å². The molecular formula is C26H34O6. The van der Waals surface area contributed by atoms with Crippen molar-refractivity contribution in [1.82, 2.24) is 0 Å². The number of rotatable bonds is 6. The fourth-order valence-electron chi connectivity index (χ4n) is 6.06. The van der Waals surface area contributed by atoms with Gasteiger partial charge in [0.25, 0.3) is 0 Å². The molecule has 0 radical (unpaired) electrons. The highest BCUT2D eigenvalue weighted by Gasteiger charge is 2.61. The van der Waals surface area contributed by atoms with Crippen molar-refractivity contribution in [2.24, 2.45) is 22.7 Å². The molecule has 0 saturated heterocycles. The highest BCUT2D eigenvalue weighted by atomic mass is 16.5. The molecule has 0 spiro atoms. The van der Waals surface area contributed by atoms with Crippen LogP contribution in [0.3, 0.4) is 0 Å². The lowest BCUT2D eigenvalue weighted by molar-refractivity contribution is -0.150. The van der Waals surface area contributed by atoms with E-state index >= 15 is 0 Å². The Bertz CT molecular complexity index is 982. The normalized spacial score (nSPS) is 33.1. The maximum Gasteiger partial charge on any atom is 0.303 e. The van der Waals surface area contributed by atoms with E-state index in [1.807, 2.05) is 20.8 Å². The molecule has 0 aromatic heterocycles. The van der Waals surface area contributed by atoms with Crippen molar-refractivity contribution in [1.29, 1.82) is 0 Å². The van der Waals surface area contributed by atoms with Gasteiger partial charge in [-0.1, -0.05) is 39.5 Å². The molecule has 3 aliphatic rings. The van der Waals surface area contributed by atoms with Crippen LogP contribution in [0.5, 0.6) is 0 Å². The molecule has 1 fully saturated rings. The summed E-state index contributed by atoms with van der Waals surface area (Å²) in [4.78, 5) is 38.7. The molecule has 1 saturated carbocycles. The SMILES string of the molecule is C=C(C)C(=C)C1=C(O)C(=O)C2=C(C(OC(C)=O)C[C@]3(C)C(=O)CCC23)[C@@]1(C)C(C)COC. The first kappa shape index (κ1) is 24.2. The maximum atomic E-state index is 13.7. The average Bonchev–Trinajstić information content (AvgIpc) is 2.99. The number of hydrogen-bond donors (Lipinski definition) is 1. The Morgan fingerprint density at radius 2 is 1.88 bits per heavy atom. The van der Waals surface area contributed by atoms with Crippen molar-refractivity contribution < 1.29 is 29.0 Å². The minimum absolute atomic E-state index is 0.0613. The second-order valence-electron chi connectivity index (χ2n) is 9.93. The summed E-state index contributed by atoms with van der Waals surface area (Å²) in [5.74, 6) is -1.83. The molecule has 0 aromatic rings. The molecule has 6 nitrogen and oxygen atoms in total. The molecule has 3 unspecified atom stereocenters. The van der Waals surface area contributed by atoms with E-state index in [-0.39, 0.29) is 23.4 Å². The number of ketones is 2. The Balaban J connectivity index is 2.38. The number of fused-ring (bicyclic) bond motifs is 2. The zero-order chi connectivity index (χ0) is 24.2. The summed E-state index contributed by atoms with van der Waals surface area (Å²) in [7, 11) is 1.59. The van der Waals surface area contributed by atoms with Crippen molar-refractivity contribution in [3.8, 4) is 0 Å². The number of carbonyl (C=O) groups is 3. The Labute approximate surface area is 190 Å². The number of aliphatic hydroxyl groups excluding tert-OH is 1. The van der Waals surface area contributed by atoms with E-state index in [2.05, 4.69) is 13.2 Å². The topological polar surface area (TPSA) is 89.9 Å². The van der Waals surface area contributed by atoms with Gasteiger partial charge in [0.05, 0.1) is 0 Å². The highest BCUT2D eigenvalue weighted by molar-refractivity contribution is 6.12. The van der Waals surface area contributed by atoms with Gasteiger partial charge in [0.2, 0.25) is 5.78 Å².